The Balaban J connectivity index is 2.84. The summed E-state index contributed by atoms with van der Waals surface area (Å²) in [6, 6.07) is 3.81. The Labute approximate surface area is 116 Å². The Morgan fingerprint density at radius 3 is 2.55 bits per heavy atom. The van der Waals surface area contributed by atoms with E-state index in [9.17, 15) is 20.0 Å². The highest BCUT2D eigenvalue weighted by atomic mass is 16.6. The normalized spacial score (nSPS) is 12.1. The standard InChI is InChI=1S/C13H17NO6/c1-8(2)20-13(16)7-19-12-5-4-10(14(17)18)6-11(12)9(3)15/h4-6,8-9,15H,7H2,1-3H3/t9-/m1/s1. The maximum Gasteiger partial charge on any atom is 0.344 e. The summed E-state index contributed by atoms with van der Waals surface area (Å²) in [6.07, 6.45) is -1.20. The zero-order valence-corrected chi connectivity index (χ0v) is 11.5. The van der Waals surface area contributed by atoms with Gasteiger partial charge in [-0.25, -0.2) is 4.79 Å². The van der Waals surface area contributed by atoms with Gasteiger partial charge in [-0.2, -0.15) is 0 Å². The van der Waals surface area contributed by atoms with Crippen molar-refractivity contribution in [2.24, 2.45) is 0 Å². The highest BCUT2D eigenvalue weighted by molar-refractivity contribution is 5.71. The monoisotopic (exact) mass is 283 g/mol. The zero-order valence-electron chi connectivity index (χ0n) is 11.5. The summed E-state index contributed by atoms with van der Waals surface area (Å²) in [6.45, 7) is 4.56. The lowest BCUT2D eigenvalue weighted by Gasteiger charge is -2.13. The molecule has 0 saturated carbocycles. The summed E-state index contributed by atoms with van der Waals surface area (Å²) in [4.78, 5) is 21.5. The molecule has 1 aromatic rings. The molecule has 0 unspecified atom stereocenters. The highest BCUT2D eigenvalue weighted by Crippen LogP contribution is 2.29. The summed E-state index contributed by atoms with van der Waals surface area (Å²) in [5.41, 5.74) is 0.0922. The number of carbonyl (C=O) groups is 1. The molecule has 0 fully saturated rings. The van der Waals surface area contributed by atoms with E-state index in [0.717, 1.165) is 0 Å². The van der Waals surface area contributed by atoms with E-state index in [2.05, 4.69) is 0 Å². The fourth-order valence-electron chi connectivity index (χ4n) is 1.54. The Morgan fingerprint density at radius 2 is 2.05 bits per heavy atom. The molecule has 0 aliphatic heterocycles. The SMILES string of the molecule is CC(C)OC(=O)COc1ccc([N+](=O)[O-])cc1[C@@H](C)O. The Hall–Kier alpha value is -2.15. The minimum absolute atomic E-state index is 0.155. The number of benzene rings is 1. The van der Waals surface area contributed by atoms with Crippen LogP contribution < -0.4 is 4.74 Å². The molecule has 0 amide bonds. The fourth-order valence-corrected chi connectivity index (χ4v) is 1.54. The maximum absolute atomic E-state index is 11.4. The van der Waals surface area contributed by atoms with Crippen LogP contribution in [0.1, 0.15) is 32.4 Å². The van der Waals surface area contributed by atoms with Crippen molar-refractivity contribution in [1.82, 2.24) is 0 Å². The molecule has 110 valence electrons. The number of carbonyl (C=O) groups excluding carboxylic acids is 1. The van der Waals surface area contributed by atoms with Crippen molar-refractivity contribution < 1.29 is 24.3 Å². The fraction of sp³-hybridized carbons (Fsp3) is 0.462. The van der Waals surface area contributed by atoms with E-state index in [0.29, 0.717) is 0 Å². The van der Waals surface area contributed by atoms with Gasteiger partial charge in [0.05, 0.1) is 17.1 Å². The summed E-state index contributed by atoms with van der Waals surface area (Å²) < 4.78 is 10.1. The van der Waals surface area contributed by atoms with Crippen LogP contribution >= 0.6 is 0 Å². The topological polar surface area (TPSA) is 98.9 Å². The van der Waals surface area contributed by atoms with Gasteiger partial charge in [0.25, 0.3) is 5.69 Å². The summed E-state index contributed by atoms with van der Waals surface area (Å²) >= 11 is 0. The molecule has 0 aliphatic carbocycles. The molecule has 0 aromatic heterocycles. The van der Waals surface area contributed by atoms with Gasteiger partial charge in [0.1, 0.15) is 5.75 Å². The summed E-state index contributed by atoms with van der Waals surface area (Å²) in [5, 5.41) is 20.3. The minimum Gasteiger partial charge on any atom is -0.482 e. The molecule has 1 N–H and O–H groups in total. The van der Waals surface area contributed by atoms with Crippen LogP contribution in [0.25, 0.3) is 0 Å². The van der Waals surface area contributed by atoms with Gasteiger partial charge < -0.3 is 14.6 Å². The molecule has 0 heterocycles. The van der Waals surface area contributed by atoms with E-state index in [-0.39, 0.29) is 29.7 Å². The molecule has 7 heteroatoms. The number of rotatable bonds is 6. The number of non-ortho nitro benzene ring substituents is 1. The van der Waals surface area contributed by atoms with Crippen molar-refractivity contribution in [3.05, 3.63) is 33.9 Å². The van der Waals surface area contributed by atoms with E-state index in [4.69, 9.17) is 9.47 Å². The first-order valence-electron chi connectivity index (χ1n) is 6.10. The number of hydrogen-bond acceptors (Lipinski definition) is 6. The third-order valence-corrected chi connectivity index (χ3v) is 2.37. The first kappa shape index (κ1) is 15.9. The molecule has 0 spiro atoms. The predicted molar refractivity (Wildman–Crippen MR) is 70.5 cm³/mol. The van der Waals surface area contributed by atoms with E-state index in [1.807, 2.05) is 0 Å². The minimum atomic E-state index is -0.953. The number of nitro benzene ring substituents is 1. The predicted octanol–water partition coefficient (Wildman–Crippen LogP) is 1.98. The second kappa shape index (κ2) is 6.85. The molecule has 0 radical (unpaired) electrons. The van der Waals surface area contributed by atoms with Gasteiger partial charge in [-0.05, 0) is 26.8 Å². The molecule has 1 rings (SSSR count). The third kappa shape index (κ3) is 4.51. The highest BCUT2D eigenvalue weighted by Gasteiger charge is 2.16. The third-order valence-electron chi connectivity index (χ3n) is 2.37. The number of esters is 1. The van der Waals surface area contributed by atoms with Crippen LogP contribution in [0.2, 0.25) is 0 Å². The lowest BCUT2D eigenvalue weighted by Crippen LogP contribution is -2.19. The van der Waals surface area contributed by atoms with Crippen LogP contribution in [0.4, 0.5) is 5.69 Å². The molecule has 7 nitrogen and oxygen atoms in total. The molecule has 1 atom stereocenters. The number of ether oxygens (including phenoxy) is 2. The molecule has 20 heavy (non-hydrogen) atoms. The van der Waals surface area contributed by atoms with Gasteiger partial charge in [-0.1, -0.05) is 0 Å². The van der Waals surface area contributed by atoms with Crippen LogP contribution in [0.15, 0.2) is 18.2 Å². The number of aliphatic hydroxyl groups excluding tert-OH is 1. The summed E-state index contributed by atoms with van der Waals surface area (Å²) in [7, 11) is 0. The van der Waals surface area contributed by atoms with Crippen LogP contribution in [-0.4, -0.2) is 28.7 Å². The first-order chi connectivity index (χ1) is 9.31. The maximum atomic E-state index is 11.4. The number of hydrogen-bond donors (Lipinski definition) is 1. The van der Waals surface area contributed by atoms with Gasteiger partial charge in [0.15, 0.2) is 6.61 Å². The number of aliphatic hydroxyl groups is 1. The van der Waals surface area contributed by atoms with Crippen molar-refractivity contribution >= 4 is 11.7 Å². The molecular formula is C13H17NO6. The van der Waals surface area contributed by atoms with E-state index >= 15 is 0 Å². The lowest BCUT2D eigenvalue weighted by molar-refractivity contribution is -0.385. The number of nitro groups is 1. The molecule has 0 saturated heterocycles. The Bertz CT molecular complexity index is 498. The molecule has 1 aromatic carbocycles. The van der Waals surface area contributed by atoms with Gasteiger partial charge >= 0.3 is 5.97 Å². The van der Waals surface area contributed by atoms with Crippen molar-refractivity contribution in [3.63, 3.8) is 0 Å². The quantitative estimate of drug-likeness (QED) is 0.487. The van der Waals surface area contributed by atoms with Crippen LogP contribution in [0, 0.1) is 10.1 Å². The zero-order chi connectivity index (χ0) is 15.3. The summed E-state index contributed by atoms with van der Waals surface area (Å²) in [5.74, 6) is -0.332. The smallest absolute Gasteiger partial charge is 0.344 e. The Morgan fingerprint density at radius 1 is 1.40 bits per heavy atom. The van der Waals surface area contributed by atoms with Crippen molar-refractivity contribution in [1.29, 1.82) is 0 Å². The van der Waals surface area contributed by atoms with Crippen LogP contribution in [0.5, 0.6) is 5.75 Å². The van der Waals surface area contributed by atoms with E-state index < -0.39 is 17.0 Å². The first-order valence-corrected chi connectivity index (χ1v) is 6.10. The largest absolute Gasteiger partial charge is 0.482 e. The number of nitrogens with zero attached hydrogens (tertiary/aromatic N) is 1. The lowest BCUT2D eigenvalue weighted by atomic mass is 10.1. The Kier molecular flexibility index (Phi) is 5.45. The van der Waals surface area contributed by atoms with Gasteiger partial charge in [-0.3, -0.25) is 10.1 Å². The van der Waals surface area contributed by atoms with Crippen molar-refractivity contribution in [2.45, 2.75) is 33.0 Å². The second-order valence-electron chi connectivity index (χ2n) is 4.48. The molecule has 0 aliphatic rings. The van der Waals surface area contributed by atoms with Gasteiger partial charge in [0.2, 0.25) is 0 Å². The van der Waals surface area contributed by atoms with E-state index in [1.165, 1.54) is 25.1 Å². The molecular weight excluding hydrogens is 266 g/mol. The van der Waals surface area contributed by atoms with Gasteiger partial charge in [0, 0.05) is 17.7 Å². The van der Waals surface area contributed by atoms with E-state index in [1.54, 1.807) is 13.8 Å². The van der Waals surface area contributed by atoms with Crippen LogP contribution in [0.3, 0.4) is 0 Å². The second-order valence-corrected chi connectivity index (χ2v) is 4.48. The molecule has 0 bridgehead atoms. The van der Waals surface area contributed by atoms with Gasteiger partial charge in [-0.15, -0.1) is 0 Å². The average molecular weight is 283 g/mol. The van der Waals surface area contributed by atoms with Crippen molar-refractivity contribution in [2.75, 3.05) is 6.61 Å². The van der Waals surface area contributed by atoms with Crippen LogP contribution in [-0.2, 0) is 9.53 Å². The van der Waals surface area contributed by atoms with Crippen molar-refractivity contribution in [3.8, 4) is 5.75 Å². The average Bonchev–Trinajstić information content (AvgIpc) is 2.35.